The Kier molecular flexibility index (Phi) is 4.78. The van der Waals surface area contributed by atoms with Gasteiger partial charge in [-0.25, -0.2) is 0 Å². The molecule has 0 saturated carbocycles. The molecular weight excluding hydrogens is 262 g/mol. The highest BCUT2D eigenvalue weighted by Crippen LogP contribution is 2.19. The molecule has 0 saturated heterocycles. The fourth-order valence-corrected chi connectivity index (χ4v) is 2.42. The van der Waals surface area contributed by atoms with Gasteiger partial charge in [-0.1, -0.05) is 18.2 Å². The van der Waals surface area contributed by atoms with Gasteiger partial charge in [0.1, 0.15) is 5.78 Å². The first-order valence-electron chi connectivity index (χ1n) is 7.62. The fourth-order valence-electron chi connectivity index (χ4n) is 2.42. The second kappa shape index (κ2) is 6.39. The molecule has 0 aliphatic heterocycles. The molecule has 0 radical (unpaired) electrons. The number of nitrogens with zero attached hydrogens (tertiary/aromatic N) is 2. The molecule has 0 aliphatic carbocycles. The number of benzene rings is 1. The van der Waals surface area contributed by atoms with Gasteiger partial charge in [-0.15, -0.1) is 0 Å². The third-order valence-corrected chi connectivity index (χ3v) is 3.46. The number of nitrogens with one attached hydrogen (secondary N) is 1. The van der Waals surface area contributed by atoms with Crippen LogP contribution in [0, 0.1) is 0 Å². The van der Waals surface area contributed by atoms with E-state index in [1.54, 1.807) is 0 Å². The maximum Gasteiger partial charge on any atom is 0.140 e. The van der Waals surface area contributed by atoms with E-state index in [4.69, 9.17) is 0 Å². The smallest absolute Gasteiger partial charge is 0.140 e. The summed E-state index contributed by atoms with van der Waals surface area (Å²) in [7, 11) is 0. The third kappa shape index (κ3) is 4.14. The van der Waals surface area contributed by atoms with Crippen molar-refractivity contribution in [2.75, 3.05) is 6.54 Å². The Labute approximate surface area is 126 Å². The Morgan fingerprint density at radius 1 is 1.29 bits per heavy atom. The second-order valence-electron chi connectivity index (χ2n) is 6.42. The van der Waals surface area contributed by atoms with Crippen molar-refractivity contribution in [3.8, 4) is 0 Å². The molecule has 0 bridgehead atoms. The van der Waals surface area contributed by atoms with Crippen LogP contribution in [0.15, 0.2) is 24.3 Å². The van der Waals surface area contributed by atoms with Crippen LogP contribution in [0.2, 0.25) is 0 Å². The molecule has 114 valence electrons. The van der Waals surface area contributed by atoms with E-state index in [2.05, 4.69) is 44.2 Å². The van der Waals surface area contributed by atoms with E-state index in [9.17, 15) is 4.79 Å². The van der Waals surface area contributed by atoms with Crippen molar-refractivity contribution in [1.82, 2.24) is 15.1 Å². The molecule has 1 N–H and O–H groups in total. The minimum absolute atomic E-state index is 0.0523. The van der Waals surface area contributed by atoms with Gasteiger partial charge < -0.3 is 5.32 Å². The van der Waals surface area contributed by atoms with Gasteiger partial charge in [0.05, 0.1) is 17.6 Å². The summed E-state index contributed by atoms with van der Waals surface area (Å²) in [6.07, 6.45) is 0.962. The normalized spacial score (nSPS) is 12.0. The number of hydrogen-bond donors (Lipinski definition) is 1. The van der Waals surface area contributed by atoms with Gasteiger partial charge in [0.25, 0.3) is 0 Å². The Hall–Kier alpha value is -1.68. The minimum Gasteiger partial charge on any atom is -0.312 e. The zero-order valence-electron chi connectivity index (χ0n) is 13.4. The maximum absolute atomic E-state index is 12.2. The number of carbonyl (C=O) groups excluding carboxylic acids is 1. The molecule has 0 spiro atoms. The molecule has 1 aromatic heterocycles. The van der Waals surface area contributed by atoms with Crippen LogP contribution in [0.1, 0.15) is 39.8 Å². The van der Waals surface area contributed by atoms with Crippen molar-refractivity contribution in [3.05, 3.63) is 30.0 Å². The summed E-state index contributed by atoms with van der Waals surface area (Å²) in [6, 6.07) is 8.11. The molecule has 4 nitrogen and oxygen atoms in total. The molecule has 0 atom stereocenters. The zero-order valence-corrected chi connectivity index (χ0v) is 13.4. The molecular formula is C17H25N3O. The monoisotopic (exact) mass is 287 g/mol. The summed E-state index contributed by atoms with van der Waals surface area (Å²) >= 11 is 0. The number of carbonyl (C=O) groups is 1. The summed E-state index contributed by atoms with van der Waals surface area (Å²) in [4.78, 5) is 12.2. The molecule has 0 amide bonds. The van der Waals surface area contributed by atoms with Crippen molar-refractivity contribution < 1.29 is 4.79 Å². The van der Waals surface area contributed by atoms with Crippen molar-refractivity contribution in [2.24, 2.45) is 0 Å². The predicted octanol–water partition coefficient (Wildman–Crippen LogP) is 2.95. The van der Waals surface area contributed by atoms with Crippen LogP contribution >= 0.6 is 0 Å². The Morgan fingerprint density at radius 2 is 2.00 bits per heavy atom. The van der Waals surface area contributed by atoms with Gasteiger partial charge in [-0.3, -0.25) is 9.48 Å². The Bertz CT molecular complexity index is 622. The summed E-state index contributed by atoms with van der Waals surface area (Å²) in [5.41, 5.74) is 2.06. The lowest BCUT2D eigenvalue weighted by atomic mass is 10.1. The van der Waals surface area contributed by atoms with E-state index in [0.29, 0.717) is 12.8 Å². The summed E-state index contributed by atoms with van der Waals surface area (Å²) in [5.74, 6) is 0.234. The van der Waals surface area contributed by atoms with Crippen molar-refractivity contribution in [3.63, 3.8) is 0 Å². The lowest BCUT2D eigenvalue weighted by molar-refractivity contribution is -0.118. The SMILES string of the molecule is CCn1nc(CC(=O)CCNC(C)(C)C)c2ccccc21. The third-order valence-electron chi connectivity index (χ3n) is 3.46. The van der Waals surface area contributed by atoms with E-state index in [0.717, 1.165) is 29.7 Å². The first-order valence-corrected chi connectivity index (χ1v) is 7.62. The number of hydrogen-bond acceptors (Lipinski definition) is 3. The van der Waals surface area contributed by atoms with Gasteiger partial charge in [0.15, 0.2) is 0 Å². The highest BCUT2D eigenvalue weighted by Gasteiger charge is 2.14. The highest BCUT2D eigenvalue weighted by molar-refractivity contribution is 5.88. The molecule has 2 aromatic rings. The number of Topliss-reactive ketones (excluding diaryl/α,β-unsaturated/α-hetero) is 1. The number of para-hydroxylation sites is 1. The van der Waals surface area contributed by atoms with Crippen LogP contribution in [0.3, 0.4) is 0 Å². The van der Waals surface area contributed by atoms with Crippen molar-refractivity contribution in [2.45, 2.75) is 52.6 Å². The van der Waals surface area contributed by atoms with E-state index in [-0.39, 0.29) is 11.3 Å². The topological polar surface area (TPSA) is 46.9 Å². The van der Waals surface area contributed by atoms with Crippen molar-refractivity contribution >= 4 is 16.7 Å². The molecule has 1 aromatic carbocycles. The Morgan fingerprint density at radius 3 is 2.67 bits per heavy atom. The summed E-state index contributed by atoms with van der Waals surface area (Å²) in [5, 5.41) is 9.02. The standard InChI is InChI=1S/C17H25N3O/c1-5-20-16-9-7-6-8-14(16)15(19-20)12-13(21)10-11-18-17(2,3)4/h6-9,18H,5,10-12H2,1-4H3. The Balaban J connectivity index is 2.04. The lowest BCUT2D eigenvalue weighted by Crippen LogP contribution is -2.37. The molecule has 4 heteroatoms. The first kappa shape index (κ1) is 15.7. The number of ketones is 1. The van der Waals surface area contributed by atoms with E-state index >= 15 is 0 Å². The van der Waals surface area contributed by atoms with Crippen LogP contribution in [-0.2, 0) is 17.8 Å². The summed E-state index contributed by atoms with van der Waals surface area (Å²) < 4.78 is 1.96. The van der Waals surface area contributed by atoms with Gasteiger partial charge in [0, 0.05) is 30.4 Å². The summed E-state index contributed by atoms with van der Waals surface area (Å²) in [6.45, 7) is 9.92. The van der Waals surface area contributed by atoms with Gasteiger partial charge in [-0.05, 0) is 33.8 Å². The van der Waals surface area contributed by atoms with E-state index in [1.807, 2.05) is 22.9 Å². The highest BCUT2D eigenvalue weighted by atomic mass is 16.1. The average molecular weight is 287 g/mol. The number of rotatable bonds is 6. The largest absolute Gasteiger partial charge is 0.312 e. The fraction of sp³-hybridized carbons (Fsp3) is 0.529. The molecule has 1 heterocycles. The molecule has 2 rings (SSSR count). The van der Waals surface area contributed by atoms with E-state index in [1.165, 1.54) is 0 Å². The number of fused-ring (bicyclic) bond motifs is 1. The second-order valence-corrected chi connectivity index (χ2v) is 6.42. The number of aryl methyl sites for hydroxylation is 1. The van der Waals surface area contributed by atoms with Gasteiger partial charge >= 0.3 is 0 Å². The molecule has 21 heavy (non-hydrogen) atoms. The molecule has 0 aliphatic rings. The van der Waals surface area contributed by atoms with Crippen molar-refractivity contribution in [1.29, 1.82) is 0 Å². The minimum atomic E-state index is 0.0523. The average Bonchev–Trinajstić information content (AvgIpc) is 2.76. The predicted molar refractivity (Wildman–Crippen MR) is 86.5 cm³/mol. The van der Waals surface area contributed by atoms with Crippen LogP contribution < -0.4 is 5.32 Å². The van der Waals surface area contributed by atoms with Crippen LogP contribution in [0.5, 0.6) is 0 Å². The zero-order chi connectivity index (χ0) is 15.5. The number of aromatic nitrogens is 2. The van der Waals surface area contributed by atoms with E-state index < -0.39 is 0 Å². The first-order chi connectivity index (χ1) is 9.90. The van der Waals surface area contributed by atoms with Crippen LogP contribution in [0.4, 0.5) is 0 Å². The van der Waals surface area contributed by atoms with Gasteiger partial charge in [0.2, 0.25) is 0 Å². The van der Waals surface area contributed by atoms with Crippen LogP contribution in [0.25, 0.3) is 10.9 Å². The van der Waals surface area contributed by atoms with Gasteiger partial charge in [-0.2, -0.15) is 5.10 Å². The maximum atomic E-state index is 12.2. The lowest BCUT2D eigenvalue weighted by Gasteiger charge is -2.19. The van der Waals surface area contributed by atoms with Crippen LogP contribution in [-0.4, -0.2) is 27.6 Å². The molecule has 0 fully saturated rings. The molecule has 0 unspecified atom stereocenters. The quantitative estimate of drug-likeness (QED) is 0.888.